The van der Waals surface area contributed by atoms with E-state index >= 15 is 0 Å². The monoisotopic (exact) mass is 476 g/mol. The zero-order valence-corrected chi connectivity index (χ0v) is 18.6. The highest BCUT2D eigenvalue weighted by Gasteiger charge is 2.19. The van der Waals surface area contributed by atoms with Crippen LogP contribution in [-0.4, -0.2) is 53.5 Å². The van der Waals surface area contributed by atoms with E-state index in [4.69, 9.17) is 9.47 Å². The maximum Gasteiger partial charge on any atom is 0.262 e. The van der Waals surface area contributed by atoms with Crippen molar-refractivity contribution in [2.75, 3.05) is 29.0 Å². The summed E-state index contributed by atoms with van der Waals surface area (Å²) in [4.78, 5) is 12.2. The van der Waals surface area contributed by atoms with Gasteiger partial charge in [-0.3, -0.25) is 9.52 Å². The van der Waals surface area contributed by atoms with Gasteiger partial charge < -0.3 is 14.8 Å². The number of hydrogen-bond donors (Lipinski definition) is 2. The molecular weight excluding hydrogens is 456 g/mol. The van der Waals surface area contributed by atoms with Crippen molar-refractivity contribution in [1.29, 1.82) is 0 Å². The van der Waals surface area contributed by atoms with Crippen LogP contribution in [0.1, 0.15) is 6.42 Å². The Bertz CT molecular complexity index is 1210. The molecule has 0 radical (unpaired) electrons. The van der Waals surface area contributed by atoms with E-state index in [0.29, 0.717) is 47.0 Å². The van der Waals surface area contributed by atoms with Crippen molar-refractivity contribution >= 4 is 39.1 Å². The Morgan fingerprint density at radius 2 is 1.81 bits per heavy atom. The molecule has 1 amide bonds. The van der Waals surface area contributed by atoms with Crippen molar-refractivity contribution in [3.05, 3.63) is 42.5 Å². The van der Waals surface area contributed by atoms with Gasteiger partial charge >= 0.3 is 0 Å². The van der Waals surface area contributed by atoms with Crippen molar-refractivity contribution in [1.82, 2.24) is 20.2 Å². The second-order valence-electron chi connectivity index (χ2n) is 6.72. The van der Waals surface area contributed by atoms with Crippen molar-refractivity contribution in [2.45, 2.75) is 16.5 Å². The Labute approximate surface area is 188 Å². The molecule has 0 aliphatic carbocycles. The first-order valence-electron chi connectivity index (χ1n) is 9.58. The van der Waals surface area contributed by atoms with Crippen LogP contribution in [0.2, 0.25) is 0 Å². The maximum atomic E-state index is 12.7. The molecule has 2 heterocycles. The summed E-state index contributed by atoms with van der Waals surface area (Å²) in [5.74, 6) is 1.26. The summed E-state index contributed by atoms with van der Waals surface area (Å²) < 4.78 is 40.3. The normalized spacial score (nSPS) is 12.9. The Kier molecular flexibility index (Phi) is 6.46. The lowest BCUT2D eigenvalue weighted by Crippen LogP contribution is -2.17. The molecule has 3 aromatic rings. The number of benzene rings is 2. The first kappa shape index (κ1) is 21.9. The average molecular weight is 477 g/mol. The van der Waals surface area contributed by atoms with Crippen LogP contribution in [-0.2, 0) is 21.9 Å². The smallest absolute Gasteiger partial charge is 0.262 e. The highest BCUT2D eigenvalue weighted by Crippen LogP contribution is 2.32. The third kappa shape index (κ3) is 5.29. The van der Waals surface area contributed by atoms with Gasteiger partial charge in [0.25, 0.3) is 10.0 Å². The number of amides is 1. The van der Waals surface area contributed by atoms with Gasteiger partial charge in [0.15, 0.2) is 11.5 Å². The predicted molar refractivity (Wildman–Crippen MR) is 117 cm³/mol. The third-order valence-corrected chi connectivity index (χ3v) is 6.78. The minimum Gasteiger partial charge on any atom is -0.486 e. The number of anilines is 2. The molecule has 0 unspecified atom stereocenters. The molecule has 1 aliphatic rings. The number of rotatable bonds is 8. The Hall–Kier alpha value is -3.32. The van der Waals surface area contributed by atoms with E-state index in [-0.39, 0.29) is 17.2 Å². The second kappa shape index (κ2) is 9.44. The van der Waals surface area contributed by atoms with Crippen LogP contribution in [0.15, 0.2) is 52.5 Å². The highest BCUT2D eigenvalue weighted by molar-refractivity contribution is 7.99. The number of thioether (sulfide) groups is 1. The number of nitrogens with one attached hydrogen (secondary N) is 2. The lowest BCUT2D eigenvalue weighted by molar-refractivity contribution is -0.115. The minimum absolute atomic E-state index is 0.0646. The van der Waals surface area contributed by atoms with Gasteiger partial charge in [-0.2, -0.15) is 0 Å². The fourth-order valence-corrected chi connectivity index (χ4v) is 4.69. The maximum absolute atomic E-state index is 12.7. The zero-order valence-electron chi connectivity index (χ0n) is 17.0. The van der Waals surface area contributed by atoms with Crippen molar-refractivity contribution < 1.29 is 22.7 Å². The van der Waals surface area contributed by atoms with Gasteiger partial charge in [0.05, 0.1) is 4.90 Å². The average Bonchev–Trinajstić information content (AvgIpc) is 3.19. The number of ether oxygens (including phenoxy) is 2. The van der Waals surface area contributed by atoms with E-state index in [0.717, 1.165) is 0 Å². The molecule has 0 atom stereocenters. The van der Waals surface area contributed by atoms with Gasteiger partial charge in [0.1, 0.15) is 13.2 Å². The summed E-state index contributed by atoms with van der Waals surface area (Å²) in [6.45, 7) is 0.797. The zero-order chi connectivity index (χ0) is 22.6. The second-order valence-corrected chi connectivity index (χ2v) is 9.46. The van der Waals surface area contributed by atoms with Crippen molar-refractivity contribution in [3.8, 4) is 11.5 Å². The summed E-state index contributed by atoms with van der Waals surface area (Å²) in [5, 5.41) is 14.5. The first-order chi connectivity index (χ1) is 15.4. The van der Waals surface area contributed by atoms with E-state index in [9.17, 15) is 13.2 Å². The number of fused-ring (bicyclic) bond motifs is 1. The number of aryl methyl sites for hydroxylation is 1. The van der Waals surface area contributed by atoms with E-state index in [1.807, 2.05) is 0 Å². The van der Waals surface area contributed by atoms with Gasteiger partial charge in [-0.05, 0) is 46.8 Å². The van der Waals surface area contributed by atoms with Crippen LogP contribution in [0.3, 0.4) is 0 Å². The first-order valence-corrected chi connectivity index (χ1v) is 12.1. The molecule has 1 aromatic heterocycles. The topological polar surface area (TPSA) is 137 Å². The number of hydrogen-bond acceptors (Lipinski definition) is 9. The number of carbonyl (C=O) groups is 1. The van der Waals surface area contributed by atoms with E-state index in [1.165, 1.54) is 28.6 Å². The summed E-state index contributed by atoms with van der Waals surface area (Å²) in [7, 11) is -2.09. The molecule has 0 fully saturated rings. The Morgan fingerprint density at radius 3 is 2.53 bits per heavy atom. The SMILES string of the molecule is Cn1nnnc1SCCC(=O)Nc1ccc(NS(=O)(=O)c2ccc3c(c2)OCCO3)cc1. The van der Waals surface area contributed by atoms with Gasteiger partial charge in [0, 0.05) is 36.7 Å². The van der Waals surface area contributed by atoms with Gasteiger partial charge in [-0.15, -0.1) is 5.10 Å². The molecule has 1 aliphatic heterocycles. The number of tetrazole rings is 1. The summed E-state index contributed by atoms with van der Waals surface area (Å²) in [6, 6.07) is 10.9. The Morgan fingerprint density at radius 1 is 1.09 bits per heavy atom. The van der Waals surface area contributed by atoms with Crippen LogP contribution in [0.4, 0.5) is 11.4 Å². The fraction of sp³-hybridized carbons (Fsp3) is 0.263. The number of sulfonamides is 1. The van der Waals surface area contributed by atoms with Gasteiger partial charge in [-0.1, -0.05) is 11.8 Å². The van der Waals surface area contributed by atoms with Crippen LogP contribution >= 0.6 is 11.8 Å². The summed E-state index contributed by atoms with van der Waals surface area (Å²) in [5.41, 5.74) is 0.922. The van der Waals surface area contributed by atoms with Gasteiger partial charge in [-0.25, -0.2) is 13.1 Å². The van der Waals surface area contributed by atoms with E-state index < -0.39 is 10.0 Å². The van der Waals surface area contributed by atoms with Crippen LogP contribution in [0.25, 0.3) is 0 Å². The molecule has 0 saturated heterocycles. The van der Waals surface area contributed by atoms with Crippen molar-refractivity contribution in [2.24, 2.45) is 7.05 Å². The molecule has 13 heteroatoms. The standard InChI is InChI=1S/C19H20N6O5S2/c1-25-19(21-23-24-25)31-11-8-18(26)20-13-2-4-14(5-3-13)22-32(27,28)15-6-7-16-17(12-15)30-10-9-29-16/h2-7,12,22H,8-11H2,1H3,(H,20,26). The lowest BCUT2D eigenvalue weighted by Gasteiger charge is -2.19. The largest absolute Gasteiger partial charge is 0.486 e. The van der Waals surface area contributed by atoms with Crippen LogP contribution < -0.4 is 19.5 Å². The van der Waals surface area contributed by atoms with Crippen LogP contribution in [0, 0.1) is 0 Å². The molecule has 11 nitrogen and oxygen atoms in total. The van der Waals surface area contributed by atoms with Gasteiger partial charge in [0.2, 0.25) is 11.1 Å². The molecule has 2 aromatic carbocycles. The molecule has 0 spiro atoms. The van der Waals surface area contributed by atoms with E-state index in [2.05, 4.69) is 25.6 Å². The number of carbonyl (C=O) groups excluding carboxylic acids is 1. The molecule has 2 N–H and O–H groups in total. The molecular formula is C19H20N6O5S2. The lowest BCUT2D eigenvalue weighted by atomic mass is 10.3. The number of aromatic nitrogens is 4. The fourth-order valence-electron chi connectivity index (χ4n) is 2.83. The molecule has 4 rings (SSSR count). The summed E-state index contributed by atoms with van der Waals surface area (Å²) in [6.07, 6.45) is 0.274. The Balaban J connectivity index is 1.32. The number of nitrogens with zero attached hydrogens (tertiary/aromatic N) is 4. The highest BCUT2D eigenvalue weighted by atomic mass is 32.2. The van der Waals surface area contributed by atoms with Crippen LogP contribution in [0.5, 0.6) is 11.5 Å². The summed E-state index contributed by atoms with van der Waals surface area (Å²) >= 11 is 1.38. The predicted octanol–water partition coefficient (Wildman–Crippen LogP) is 1.90. The molecule has 0 bridgehead atoms. The minimum atomic E-state index is -3.81. The van der Waals surface area contributed by atoms with Crippen molar-refractivity contribution in [3.63, 3.8) is 0 Å². The third-order valence-electron chi connectivity index (χ3n) is 4.39. The molecule has 32 heavy (non-hydrogen) atoms. The van der Waals surface area contributed by atoms with E-state index in [1.54, 1.807) is 37.4 Å². The molecule has 0 saturated carbocycles. The quantitative estimate of drug-likeness (QED) is 0.467. The molecule has 168 valence electrons.